The Morgan fingerprint density at radius 3 is 2.42 bits per heavy atom. The second-order valence-corrected chi connectivity index (χ2v) is 4.51. The molecule has 0 aliphatic heterocycles. The number of carbonyl (C=O) groups is 2. The Kier molecular flexibility index (Phi) is 8.87. The fraction of sp³-hybridized carbons (Fsp3) is 0.714. The number of hydrogen-bond acceptors (Lipinski definition) is 3. The highest BCUT2D eigenvalue weighted by Gasteiger charge is 2.36. The molecule has 0 radical (unpaired) electrons. The molecule has 0 heterocycles. The van der Waals surface area contributed by atoms with Crippen molar-refractivity contribution in [3.05, 3.63) is 12.7 Å². The maximum atomic E-state index is 11.7. The van der Waals surface area contributed by atoms with Crippen molar-refractivity contribution in [2.75, 3.05) is 19.8 Å². The van der Waals surface area contributed by atoms with Crippen LogP contribution in [0.4, 0.5) is 0 Å². The van der Waals surface area contributed by atoms with Crippen LogP contribution in [0, 0.1) is 5.41 Å². The van der Waals surface area contributed by atoms with Crippen LogP contribution < -0.4 is 5.32 Å². The number of aliphatic carboxylic acids is 1. The first-order valence-electron chi connectivity index (χ1n) is 6.71. The van der Waals surface area contributed by atoms with E-state index in [-0.39, 0.29) is 12.3 Å². The van der Waals surface area contributed by atoms with Gasteiger partial charge in [-0.05, 0) is 19.3 Å². The number of carboxylic acids is 1. The van der Waals surface area contributed by atoms with Crippen molar-refractivity contribution in [3.8, 4) is 0 Å². The molecular weight excluding hydrogens is 246 g/mol. The minimum Gasteiger partial charge on any atom is -0.481 e. The fourth-order valence-corrected chi connectivity index (χ4v) is 1.78. The average molecular weight is 271 g/mol. The SMILES string of the molecule is C=CCCOCCNC(=O)CC(CC)(CC)C(=O)O. The average Bonchev–Trinajstić information content (AvgIpc) is 2.39. The van der Waals surface area contributed by atoms with Crippen molar-refractivity contribution < 1.29 is 19.4 Å². The Morgan fingerprint density at radius 2 is 1.95 bits per heavy atom. The number of carbonyl (C=O) groups excluding carboxylic acids is 1. The van der Waals surface area contributed by atoms with E-state index in [9.17, 15) is 14.7 Å². The van der Waals surface area contributed by atoms with Gasteiger partial charge >= 0.3 is 5.97 Å². The molecule has 0 atom stereocenters. The number of rotatable bonds is 11. The lowest BCUT2D eigenvalue weighted by molar-refractivity contribution is -0.152. The van der Waals surface area contributed by atoms with Gasteiger partial charge in [-0.2, -0.15) is 0 Å². The number of amides is 1. The Hall–Kier alpha value is -1.36. The van der Waals surface area contributed by atoms with Crippen LogP contribution in [0.25, 0.3) is 0 Å². The molecule has 1 amide bonds. The number of carboxylic acid groups (broad SMARTS) is 1. The number of hydrogen-bond donors (Lipinski definition) is 2. The monoisotopic (exact) mass is 271 g/mol. The molecule has 0 saturated heterocycles. The summed E-state index contributed by atoms with van der Waals surface area (Å²) in [6, 6.07) is 0. The highest BCUT2D eigenvalue weighted by Crippen LogP contribution is 2.30. The summed E-state index contributed by atoms with van der Waals surface area (Å²) >= 11 is 0. The summed E-state index contributed by atoms with van der Waals surface area (Å²) in [6.45, 7) is 8.58. The Morgan fingerprint density at radius 1 is 1.32 bits per heavy atom. The molecule has 0 aromatic rings. The highest BCUT2D eigenvalue weighted by atomic mass is 16.5. The molecule has 19 heavy (non-hydrogen) atoms. The quantitative estimate of drug-likeness (QED) is 0.445. The molecule has 0 aromatic heterocycles. The van der Waals surface area contributed by atoms with E-state index in [1.165, 1.54) is 0 Å². The lowest BCUT2D eigenvalue weighted by atomic mass is 9.79. The minimum absolute atomic E-state index is 0.0159. The van der Waals surface area contributed by atoms with E-state index in [1.54, 1.807) is 19.9 Å². The molecule has 5 nitrogen and oxygen atoms in total. The zero-order valence-electron chi connectivity index (χ0n) is 11.9. The van der Waals surface area contributed by atoms with Gasteiger partial charge in [0, 0.05) is 13.0 Å². The van der Waals surface area contributed by atoms with Gasteiger partial charge < -0.3 is 15.2 Å². The van der Waals surface area contributed by atoms with Gasteiger partial charge in [-0.3, -0.25) is 9.59 Å². The second-order valence-electron chi connectivity index (χ2n) is 4.51. The Labute approximate surface area is 115 Å². The zero-order chi connectivity index (χ0) is 14.7. The summed E-state index contributed by atoms with van der Waals surface area (Å²) in [5.41, 5.74) is -0.951. The minimum atomic E-state index is -0.951. The lowest BCUT2D eigenvalue weighted by Gasteiger charge is -2.25. The maximum Gasteiger partial charge on any atom is 0.310 e. The summed E-state index contributed by atoms with van der Waals surface area (Å²) in [4.78, 5) is 23.0. The third-order valence-electron chi connectivity index (χ3n) is 3.34. The van der Waals surface area contributed by atoms with Gasteiger partial charge in [0.05, 0.1) is 18.6 Å². The summed E-state index contributed by atoms with van der Waals surface area (Å²) in [7, 11) is 0. The van der Waals surface area contributed by atoms with Crippen molar-refractivity contribution in [2.24, 2.45) is 5.41 Å². The summed E-state index contributed by atoms with van der Waals surface area (Å²) in [6.07, 6.45) is 3.45. The highest BCUT2D eigenvalue weighted by molar-refractivity contribution is 5.84. The molecule has 0 unspecified atom stereocenters. The van der Waals surface area contributed by atoms with Gasteiger partial charge in [-0.15, -0.1) is 6.58 Å². The van der Waals surface area contributed by atoms with E-state index >= 15 is 0 Å². The van der Waals surface area contributed by atoms with Crippen molar-refractivity contribution in [2.45, 2.75) is 39.5 Å². The van der Waals surface area contributed by atoms with Crippen molar-refractivity contribution in [3.63, 3.8) is 0 Å². The fourth-order valence-electron chi connectivity index (χ4n) is 1.78. The third-order valence-corrected chi connectivity index (χ3v) is 3.34. The Balaban J connectivity index is 4.01. The summed E-state index contributed by atoms with van der Waals surface area (Å²) < 4.78 is 5.25. The van der Waals surface area contributed by atoms with E-state index in [1.807, 2.05) is 0 Å². The van der Waals surface area contributed by atoms with Crippen LogP contribution in [-0.4, -0.2) is 36.7 Å². The van der Waals surface area contributed by atoms with Crippen molar-refractivity contribution in [1.29, 1.82) is 0 Å². The molecule has 0 aromatic carbocycles. The van der Waals surface area contributed by atoms with Crippen LogP contribution in [-0.2, 0) is 14.3 Å². The number of nitrogens with one attached hydrogen (secondary N) is 1. The number of ether oxygens (including phenoxy) is 1. The molecular formula is C14H25NO4. The molecule has 0 saturated carbocycles. The maximum absolute atomic E-state index is 11.7. The van der Waals surface area contributed by atoms with E-state index in [4.69, 9.17) is 4.74 Å². The first-order chi connectivity index (χ1) is 9.02. The Bertz CT molecular complexity index is 298. The van der Waals surface area contributed by atoms with Gasteiger partial charge in [0.1, 0.15) is 0 Å². The summed E-state index contributed by atoms with van der Waals surface area (Å²) in [5, 5.41) is 11.9. The zero-order valence-corrected chi connectivity index (χ0v) is 11.9. The normalized spacial score (nSPS) is 11.1. The standard InChI is InChI=1S/C14H25NO4/c1-4-7-9-19-10-8-15-12(16)11-14(5-2,6-3)13(17)18/h4H,1,5-11H2,2-3H3,(H,15,16)(H,17,18). The smallest absolute Gasteiger partial charge is 0.310 e. The van der Waals surface area contributed by atoms with Crippen LogP contribution in [0.15, 0.2) is 12.7 Å². The molecule has 0 aliphatic rings. The van der Waals surface area contributed by atoms with E-state index < -0.39 is 11.4 Å². The van der Waals surface area contributed by atoms with Gasteiger partial charge in [0.2, 0.25) is 5.91 Å². The first-order valence-corrected chi connectivity index (χ1v) is 6.71. The van der Waals surface area contributed by atoms with E-state index in [0.717, 1.165) is 6.42 Å². The van der Waals surface area contributed by atoms with Crippen molar-refractivity contribution >= 4 is 11.9 Å². The van der Waals surface area contributed by atoms with Crippen LogP contribution in [0.2, 0.25) is 0 Å². The van der Waals surface area contributed by atoms with E-state index in [2.05, 4.69) is 11.9 Å². The van der Waals surface area contributed by atoms with Gasteiger partial charge in [-0.25, -0.2) is 0 Å². The lowest BCUT2D eigenvalue weighted by Crippen LogP contribution is -2.37. The van der Waals surface area contributed by atoms with Crippen LogP contribution in [0.1, 0.15) is 39.5 Å². The molecule has 110 valence electrons. The molecule has 5 heteroatoms. The molecule has 0 fully saturated rings. The first kappa shape index (κ1) is 17.6. The van der Waals surface area contributed by atoms with Gasteiger partial charge in [0.25, 0.3) is 0 Å². The molecule has 0 rings (SSSR count). The predicted molar refractivity (Wildman–Crippen MR) is 73.9 cm³/mol. The van der Waals surface area contributed by atoms with E-state index in [0.29, 0.717) is 32.6 Å². The van der Waals surface area contributed by atoms with Gasteiger partial charge in [-0.1, -0.05) is 19.9 Å². The van der Waals surface area contributed by atoms with Crippen LogP contribution >= 0.6 is 0 Å². The van der Waals surface area contributed by atoms with Gasteiger partial charge in [0.15, 0.2) is 0 Å². The molecule has 0 bridgehead atoms. The van der Waals surface area contributed by atoms with Crippen LogP contribution in [0.3, 0.4) is 0 Å². The van der Waals surface area contributed by atoms with Crippen molar-refractivity contribution in [1.82, 2.24) is 5.32 Å². The largest absolute Gasteiger partial charge is 0.481 e. The molecule has 2 N–H and O–H groups in total. The molecule has 0 spiro atoms. The third kappa shape index (κ3) is 6.38. The predicted octanol–water partition coefficient (Wildman–Crippen LogP) is 1.98. The summed E-state index contributed by atoms with van der Waals surface area (Å²) in [5.74, 6) is -1.15. The van der Waals surface area contributed by atoms with Crippen LogP contribution in [0.5, 0.6) is 0 Å². The topological polar surface area (TPSA) is 75.6 Å². The molecule has 0 aliphatic carbocycles. The second kappa shape index (κ2) is 9.55.